The summed E-state index contributed by atoms with van der Waals surface area (Å²) < 4.78 is 36.3. The van der Waals surface area contributed by atoms with Crippen LogP contribution in [-0.2, 0) is 0 Å². The van der Waals surface area contributed by atoms with Gasteiger partial charge in [-0.25, -0.2) is 9.78 Å². The highest BCUT2D eigenvalue weighted by atomic mass is 19.4. The Labute approximate surface area is 106 Å². The van der Waals surface area contributed by atoms with Crippen molar-refractivity contribution in [2.24, 2.45) is 0 Å². The van der Waals surface area contributed by atoms with Crippen molar-refractivity contribution in [2.75, 3.05) is 0 Å². The van der Waals surface area contributed by atoms with Crippen LogP contribution in [0.2, 0.25) is 0 Å². The van der Waals surface area contributed by atoms with Crippen molar-refractivity contribution < 1.29 is 27.9 Å². The van der Waals surface area contributed by atoms with Crippen molar-refractivity contribution in [3.05, 3.63) is 29.6 Å². The summed E-state index contributed by atoms with van der Waals surface area (Å²) in [6, 6.07) is 1.12. The number of nitrogens with zero attached hydrogens (tertiary/aromatic N) is 1. The number of carboxylic acids is 1. The largest absolute Gasteiger partial charge is 0.477 e. The molecule has 5 nitrogen and oxygen atoms in total. The van der Waals surface area contributed by atoms with E-state index in [1.165, 1.54) is 13.0 Å². The molecule has 0 aliphatic heterocycles. The van der Waals surface area contributed by atoms with Crippen molar-refractivity contribution in [1.82, 2.24) is 10.3 Å². The van der Waals surface area contributed by atoms with Crippen LogP contribution in [0.15, 0.2) is 18.3 Å². The lowest BCUT2D eigenvalue weighted by Crippen LogP contribution is -2.36. The molecule has 0 aromatic carbocycles. The van der Waals surface area contributed by atoms with E-state index in [4.69, 9.17) is 5.11 Å². The summed E-state index contributed by atoms with van der Waals surface area (Å²) in [7, 11) is 0. The van der Waals surface area contributed by atoms with Gasteiger partial charge in [-0.3, -0.25) is 4.79 Å². The summed E-state index contributed by atoms with van der Waals surface area (Å²) in [6.45, 7) is 1.21. The number of hydrogen-bond donors (Lipinski definition) is 2. The number of halogens is 3. The number of rotatable bonds is 4. The van der Waals surface area contributed by atoms with Crippen LogP contribution in [0.25, 0.3) is 0 Å². The molecule has 19 heavy (non-hydrogen) atoms. The molecule has 1 rings (SSSR count). The van der Waals surface area contributed by atoms with Crippen LogP contribution >= 0.6 is 0 Å². The highest BCUT2D eigenvalue weighted by Gasteiger charge is 2.30. The summed E-state index contributed by atoms with van der Waals surface area (Å²) in [6.07, 6.45) is -4.43. The van der Waals surface area contributed by atoms with Gasteiger partial charge in [0.25, 0.3) is 5.91 Å². The maximum atomic E-state index is 12.1. The number of aromatic nitrogens is 1. The molecule has 1 heterocycles. The third-order valence-corrected chi connectivity index (χ3v) is 2.16. The molecule has 0 bridgehead atoms. The van der Waals surface area contributed by atoms with E-state index in [1.807, 2.05) is 0 Å². The van der Waals surface area contributed by atoms with E-state index in [0.717, 1.165) is 12.3 Å². The maximum Gasteiger partial charge on any atom is 0.391 e. The zero-order chi connectivity index (χ0) is 14.6. The number of alkyl halides is 3. The minimum Gasteiger partial charge on any atom is -0.477 e. The molecule has 1 amide bonds. The molecular formula is C11H11F3N2O3. The smallest absolute Gasteiger partial charge is 0.391 e. The Morgan fingerprint density at radius 2 is 2.11 bits per heavy atom. The van der Waals surface area contributed by atoms with Crippen LogP contribution in [0.5, 0.6) is 0 Å². The van der Waals surface area contributed by atoms with Gasteiger partial charge in [0.05, 0.1) is 6.42 Å². The highest BCUT2D eigenvalue weighted by Crippen LogP contribution is 2.21. The molecule has 8 heteroatoms. The van der Waals surface area contributed by atoms with Gasteiger partial charge >= 0.3 is 12.1 Å². The minimum absolute atomic E-state index is 0.0542. The molecule has 1 aromatic heterocycles. The lowest BCUT2D eigenvalue weighted by atomic mass is 10.2. The minimum atomic E-state index is -4.38. The number of aromatic carboxylic acids is 1. The molecule has 0 aliphatic rings. The molecule has 0 aliphatic carbocycles. The normalized spacial score (nSPS) is 12.8. The second kappa shape index (κ2) is 5.68. The molecule has 1 aromatic rings. The fourth-order valence-electron chi connectivity index (χ4n) is 1.39. The predicted molar refractivity (Wildman–Crippen MR) is 58.8 cm³/mol. The van der Waals surface area contributed by atoms with Crippen molar-refractivity contribution >= 4 is 11.9 Å². The van der Waals surface area contributed by atoms with Gasteiger partial charge in [0, 0.05) is 17.8 Å². The van der Waals surface area contributed by atoms with Gasteiger partial charge in [-0.15, -0.1) is 0 Å². The summed E-state index contributed by atoms with van der Waals surface area (Å²) in [5.74, 6) is -2.10. The van der Waals surface area contributed by atoms with Gasteiger partial charge < -0.3 is 10.4 Å². The van der Waals surface area contributed by atoms with Crippen LogP contribution in [0.4, 0.5) is 13.2 Å². The van der Waals surface area contributed by atoms with Gasteiger partial charge in [-0.1, -0.05) is 0 Å². The Morgan fingerprint density at radius 1 is 1.47 bits per heavy atom. The topological polar surface area (TPSA) is 79.3 Å². The molecule has 1 atom stereocenters. The maximum absolute atomic E-state index is 12.1. The van der Waals surface area contributed by atoms with Gasteiger partial charge in [0.2, 0.25) is 0 Å². The van der Waals surface area contributed by atoms with Gasteiger partial charge in [0.1, 0.15) is 5.69 Å². The van der Waals surface area contributed by atoms with E-state index >= 15 is 0 Å². The van der Waals surface area contributed by atoms with Crippen molar-refractivity contribution in [3.63, 3.8) is 0 Å². The zero-order valence-corrected chi connectivity index (χ0v) is 9.86. The third-order valence-electron chi connectivity index (χ3n) is 2.16. The third kappa shape index (κ3) is 4.94. The number of carbonyl (C=O) groups excluding carboxylic acids is 1. The Morgan fingerprint density at radius 3 is 2.63 bits per heavy atom. The molecule has 0 saturated carbocycles. The predicted octanol–water partition coefficient (Wildman–Crippen LogP) is 1.85. The average molecular weight is 276 g/mol. The van der Waals surface area contributed by atoms with Crippen molar-refractivity contribution in [1.29, 1.82) is 0 Å². The van der Waals surface area contributed by atoms with Gasteiger partial charge in [-0.05, 0) is 19.1 Å². The van der Waals surface area contributed by atoms with Crippen LogP contribution in [-0.4, -0.2) is 34.2 Å². The number of nitrogens with one attached hydrogen (secondary N) is 1. The summed E-state index contributed by atoms with van der Waals surface area (Å²) in [5.41, 5.74) is -0.405. The standard InChI is InChI=1S/C11H11F3N2O3/c1-6(5-11(12,13)14)16-9(17)7-2-3-15-8(4-7)10(18)19/h2-4,6H,5H2,1H3,(H,16,17)(H,18,19). The van der Waals surface area contributed by atoms with Crippen molar-refractivity contribution in [3.8, 4) is 0 Å². The van der Waals surface area contributed by atoms with E-state index in [2.05, 4.69) is 10.3 Å². The number of hydrogen-bond acceptors (Lipinski definition) is 3. The molecule has 0 saturated heterocycles. The fraction of sp³-hybridized carbons (Fsp3) is 0.364. The molecule has 0 spiro atoms. The summed E-state index contributed by atoms with van der Waals surface area (Å²) >= 11 is 0. The van der Waals surface area contributed by atoms with E-state index in [1.54, 1.807) is 0 Å². The monoisotopic (exact) mass is 276 g/mol. The first-order chi connectivity index (χ1) is 8.69. The summed E-state index contributed by atoms with van der Waals surface area (Å²) in [4.78, 5) is 25.8. The van der Waals surface area contributed by atoms with Crippen LogP contribution in [0.1, 0.15) is 34.2 Å². The summed E-state index contributed by atoms with van der Waals surface area (Å²) in [5, 5.41) is 10.8. The molecular weight excluding hydrogens is 265 g/mol. The van der Waals surface area contributed by atoms with E-state index in [0.29, 0.717) is 0 Å². The van der Waals surface area contributed by atoms with E-state index in [-0.39, 0.29) is 11.3 Å². The first kappa shape index (κ1) is 14.9. The lowest BCUT2D eigenvalue weighted by molar-refractivity contribution is -0.138. The number of carboxylic acid groups (broad SMARTS) is 1. The van der Waals surface area contributed by atoms with E-state index < -0.39 is 30.5 Å². The Bertz CT molecular complexity index is 488. The Hall–Kier alpha value is -2.12. The molecule has 104 valence electrons. The van der Waals surface area contributed by atoms with Crippen LogP contribution in [0, 0.1) is 0 Å². The number of pyridine rings is 1. The second-order valence-electron chi connectivity index (χ2n) is 3.93. The SMILES string of the molecule is CC(CC(F)(F)F)NC(=O)c1ccnc(C(=O)O)c1. The van der Waals surface area contributed by atoms with Gasteiger partial charge in [0.15, 0.2) is 0 Å². The fourth-order valence-corrected chi connectivity index (χ4v) is 1.39. The van der Waals surface area contributed by atoms with Crippen molar-refractivity contribution in [2.45, 2.75) is 25.6 Å². The van der Waals surface area contributed by atoms with Crippen LogP contribution < -0.4 is 5.32 Å². The quantitative estimate of drug-likeness (QED) is 0.879. The van der Waals surface area contributed by atoms with E-state index in [9.17, 15) is 22.8 Å². The second-order valence-corrected chi connectivity index (χ2v) is 3.93. The molecule has 0 radical (unpaired) electrons. The Kier molecular flexibility index (Phi) is 4.47. The average Bonchev–Trinajstić information content (AvgIpc) is 2.26. The molecule has 1 unspecified atom stereocenters. The highest BCUT2D eigenvalue weighted by molar-refractivity contribution is 5.96. The number of amides is 1. The Balaban J connectivity index is 2.73. The molecule has 2 N–H and O–H groups in total. The zero-order valence-electron chi connectivity index (χ0n) is 9.86. The first-order valence-electron chi connectivity index (χ1n) is 5.26. The molecule has 0 fully saturated rings. The van der Waals surface area contributed by atoms with Gasteiger partial charge in [-0.2, -0.15) is 13.2 Å². The lowest BCUT2D eigenvalue weighted by Gasteiger charge is -2.15. The van der Waals surface area contributed by atoms with Crippen LogP contribution in [0.3, 0.4) is 0 Å². The first-order valence-corrected chi connectivity index (χ1v) is 5.26. The number of carbonyl (C=O) groups is 2.